The van der Waals surface area contributed by atoms with Crippen LogP contribution < -0.4 is 0 Å². The number of likely N-dealkylation sites (tertiary alicyclic amines) is 1. The number of nitriles is 1. The number of H-pyrrole nitrogens is 1. The van der Waals surface area contributed by atoms with Crippen molar-refractivity contribution in [2.24, 2.45) is 5.92 Å². The summed E-state index contributed by atoms with van der Waals surface area (Å²) in [5.41, 5.74) is 3.37. The van der Waals surface area contributed by atoms with Gasteiger partial charge in [-0.1, -0.05) is 6.42 Å². The van der Waals surface area contributed by atoms with Gasteiger partial charge < -0.3 is 9.88 Å². The molecule has 0 radical (unpaired) electrons. The van der Waals surface area contributed by atoms with Gasteiger partial charge in [0, 0.05) is 23.6 Å². The van der Waals surface area contributed by atoms with Gasteiger partial charge in [0.1, 0.15) is 0 Å². The van der Waals surface area contributed by atoms with Gasteiger partial charge in [0.05, 0.1) is 11.6 Å². The summed E-state index contributed by atoms with van der Waals surface area (Å²) in [6.07, 6.45) is 8.92. The molecule has 1 aliphatic carbocycles. The molecule has 114 valence electrons. The highest BCUT2D eigenvalue weighted by Gasteiger charge is 2.32. The Morgan fingerprint density at radius 2 is 2.05 bits per heavy atom. The first-order chi connectivity index (χ1) is 10.8. The van der Waals surface area contributed by atoms with Gasteiger partial charge in [-0.2, -0.15) is 5.26 Å². The summed E-state index contributed by atoms with van der Waals surface area (Å²) in [7, 11) is 0. The van der Waals surface area contributed by atoms with E-state index in [0.717, 1.165) is 11.5 Å². The highest BCUT2D eigenvalue weighted by Crippen LogP contribution is 2.43. The molecule has 0 spiro atoms. The highest BCUT2D eigenvalue weighted by molar-refractivity contribution is 5.85. The Morgan fingerprint density at radius 3 is 2.86 bits per heavy atom. The lowest BCUT2D eigenvalue weighted by molar-refractivity contribution is 0.267. The molecule has 2 unspecified atom stereocenters. The van der Waals surface area contributed by atoms with Crippen LogP contribution in [0.2, 0.25) is 0 Å². The van der Waals surface area contributed by atoms with Crippen LogP contribution in [0.4, 0.5) is 0 Å². The molecule has 2 aliphatic rings. The predicted octanol–water partition coefficient (Wildman–Crippen LogP) is 4.02. The Bertz CT molecular complexity index is 703. The van der Waals surface area contributed by atoms with Gasteiger partial charge in [-0.3, -0.25) is 0 Å². The largest absolute Gasteiger partial charge is 0.361 e. The molecular formula is C19H23N3. The summed E-state index contributed by atoms with van der Waals surface area (Å²) in [5, 5.41) is 10.4. The van der Waals surface area contributed by atoms with Crippen molar-refractivity contribution in [3.63, 3.8) is 0 Å². The fourth-order valence-electron chi connectivity index (χ4n) is 4.48. The predicted molar refractivity (Wildman–Crippen MR) is 88.8 cm³/mol. The van der Waals surface area contributed by atoms with Crippen molar-refractivity contribution in [1.82, 2.24) is 9.88 Å². The topological polar surface area (TPSA) is 42.8 Å². The summed E-state index contributed by atoms with van der Waals surface area (Å²) < 4.78 is 0. The van der Waals surface area contributed by atoms with Crippen LogP contribution in [-0.4, -0.2) is 29.5 Å². The smallest absolute Gasteiger partial charge is 0.0991 e. The van der Waals surface area contributed by atoms with Crippen LogP contribution in [0, 0.1) is 17.2 Å². The Hall–Kier alpha value is -1.79. The molecule has 3 heteroatoms. The van der Waals surface area contributed by atoms with Crippen LogP contribution in [0.1, 0.15) is 49.1 Å². The van der Waals surface area contributed by atoms with E-state index in [1.165, 1.54) is 68.2 Å². The Kier molecular flexibility index (Phi) is 3.63. The fraction of sp³-hybridized carbons (Fsp3) is 0.526. The monoisotopic (exact) mass is 293 g/mol. The van der Waals surface area contributed by atoms with Crippen molar-refractivity contribution < 1.29 is 0 Å². The van der Waals surface area contributed by atoms with Crippen LogP contribution in [0.25, 0.3) is 10.9 Å². The molecular weight excluding hydrogens is 270 g/mol. The van der Waals surface area contributed by atoms with E-state index in [4.69, 9.17) is 5.26 Å². The quantitative estimate of drug-likeness (QED) is 0.928. The van der Waals surface area contributed by atoms with Crippen molar-refractivity contribution in [1.29, 1.82) is 5.26 Å². The fourth-order valence-corrected chi connectivity index (χ4v) is 4.48. The molecule has 3 nitrogen and oxygen atoms in total. The number of benzene rings is 1. The zero-order chi connectivity index (χ0) is 14.9. The number of aromatic nitrogens is 1. The Balaban J connectivity index is 1.63. The van der Waals surface area contributed by atoms with Crippen molar-refractivity contribution in [3.8, 4) is 6.07 Å². The Labute approximate surface area is 131 Å². The van der Waals surface area contributed by atoms with Crippen LogP contribution >= 0.6 is 0 Å². The maximum atomic E-state index is 9.17. The molecule has 1 N–H and O–H groups in total. The normalized spacial score (nSPS) is 25.8. The first-order valence-electron chi connectivity index (χ1n) is 8.58. The number of nitrogens with zero attached hydrogens (tertiary/aromatic N) is 2. The summed E-state index contributed by atoms with van der Waals surface area (Å²) in [5.74, 6) is 1.44. The van der Waals surface area contributed by atoms with Crippen molar-refractivity contribution in [2.45, 2.75) is 38.0 Å². The number of fused-ring (bicyclic) bond motifs is 1. The zero-order valence-electron chi connectivity index (χ0n) is 13.0. The lowest BCUT2D eigenvalue weighted by Gasteiger charge is -2.25. The van der Waals surface area contributed by atoms with E-state index in [-0.39, 0.29) is 0 Å². The molecule has 0 bridgehead atoms. The third-order valence-corrected chi connectivity index (χ3v) is 5.59. The van der Waals surface area contributed by atoms with E-state index < -0.39 is 0 Å². The van der Waals surface area contributed by atoms with Gasteiger partial charge in [0.25, 0.3) is 0 Å². The SMILES string of the molecule is N#Cc1ccc2[nH]cc(C3CCCC3CN3CCCC3)c2c1. The highest BCUT2D eigenvalue weighted by atomic mass is 15.1. The van der Waals surface area contributed by atoms with E-state index in [1.807, 2.05) is 12.1 Å². The van der Waals surface area contributed by atoms with Gasteiger partial charge in [-0.15, -0.1) is 0 Å². The van der Waals surface area contributed by atoms with Crippen LogP contribution in [0.15, 0.2) is 24.4 Å². The maximum absolute atomic E-state index is 9.17. The second-order valence-corrected chi connectivity index (χ2v) is 6.92. The average molecular weight is 293 g/mol. The lowest BCUT2D eigenvalue weighted by atomic mass is 9.88. The number of aromatic amines is 1. The maximum Gasteiger partial charge on any atom is 0.0991 e. The average Bonchev–Trinajstić information content (AvgIpc) is 3.27. The second-order valence-electron chi connectivity index (χ2n) is 6.92. The van der Waals surface area contributed by atoms with Crippen LogP contribution in [0.5, 0.6) is 0 Å². The third-order valence-electron chi connectivity index (χ3n) is 5.59. The molecule has 1 aliphatic heterocycles. The second kappa shape index (κ2) is 5.78. The minimum Gasteiger partial charge on any atom is -0.361 e. The van der Waals surface area contributed by atoms with Gasteiger partial charge in [-0.25, -0.2) is 0 Å². The van der Waals surface area contributed by atoms with Crippen molar-refractivity contribution >= 4 is 10.9 Å². The van der Waals surface area contributed by atoms with E-state index >= 15 is 0 Å². The summed E-state index contributed by atoms with van der Waals surface area (Å²) in [6.45, 7) is 3.83. The first kappa shape index (κ1) is 13.8. The molecule has 1 aromatic heterocycles. The number of nitrogens with one attached hydrogen (secondary N) is 1. The van der Waals surface area contributed by atoms with Crippen molar-refractivity contribution in [3.05, 3.63) is 35.5 Å². The first-order valence-corrected chi connectivity index (χ1v) is 8.58. The minimum absolute atomic E-state index is 0.656. The van der Waals surface area contributed by atoms with Gasteiger partial charge in [0.2, 0.25) is 0 Å². The summed E-state index contributed by atoms with van der Waals surface area (Å²) >= 11 is 0. The van der Waals surface area contributed by atoms with Gasteiger partial charge in [-0.05, 0) is 74.4 Å². The van der Waals surface area contributed by atoms with Crippen LogP contribution in [0.3, 0.4) is 0 Å². The molecule has 2 atom stereocenters. The van der Waals surface area contributed by atoms with E-state index in [9.17, 15) is 0 Å². The van der Waals surface area contributed by atoms with E-state index in [0.29, 0.717) is 5.92 Å². The molecule has 1 saturated heterocycles. The molecule has 1 saturated carbocycles. The lowest BCUT2D eigenvalue weighted by Crippen LogP contribution is -2.27. The van der Waals surface area contributed by atoms with Crippen molar-refractivity contribution in [2.75, 3.05) is 19.6 Å². The van der Waals surface area contributed by atoms with Gasteiger partial charge in [0.15, 0.2) is 0 Å². The van der Waals surface area contributed by atoms with Crippen LogP contribution in [-0.2, 0) is 0 Å². The van der Waals surface area contributed by atoms with E-state index in [2.05, 4.69) is 28.2 Å². The summed E-state index contributed by atoms with van der Waals surface area (Å²) in [4.78, 5) is 6.06. The standard InChI is InChI=1S/C19H23N3/c20-11-14-6-7-19-17(10-14)18(12-21-19)16-5-3-4-15(16)13-22-8-1-2-9-22/h6-7,10,12,15-16,21H,1-5,8-9,13H2. The molecule has 22 heavy (non-hydrogen) atoms. The third kappa shape index (κ3) is 2.42. The molecule has 1 aromatic carbocycles. The minimum atomic E-state index is 0.656. The number of hydrogen-bond donors (Lipinski definition) is 1. The number of rotatable bonds is 3. The number of hydrogen-bond acceptors (Lipinski definition) is 2. The van der Waals surface area contributed by atoms with Gasteiger partial charge >= 0.3 is 0 Å². The van der Waals surface area contributed by atoms with E-state index in [1.54, 1.807) is 0 Å². The summed E-state index contributed by atoms with van der Waals surface area (Å²) in [6, 6.07) is 8.28. The Morgan fingerprint density at radius 1 is 1.18 bits per heavy atom. The zero-order valence-corrected chi connectivity index (χ0v) is 13.0. The molecule has 0 amide bonds. The molecule has 2 fully saturated rings. The molecule has 2 heterocycles. The molecule has 2 aromatic rings. The molecule has 4 rings (SSSR count).